The fourth-order valence-corrected chi connectivity index (χ4v) is 23.0. The number of benzene rings is 15. The molecule has 15 aromatic carbocycles. The zero-order valence-electron chi connectivity index (χ0n) is 81.6. The van der Waals surface area contributed by atoms with E-state index in [1.807, 2.05) is 0 Å². The van der Waals surface area contributed by atoms with Crippen molar-refractivity contribution < 1.29 is 4.42 Å². The summed E-state index contributed by atoms with van der Waals surface area (Å²) in [4.78, 5) is 4.91. The molecule has 132 heavy (non-hydrogen) atoms. The van der Waals surface area contributed by atoms with Gasteiger partial charge in [-0.3, -0.25) is 0 Å². The van der Waals surface area contributed by atoms with E-state index in [0.717, 1.165) is 62.5 Å². The van der Waals surface area contributed by atoms with Crippen molar-refractivity contribution in [3.8, 4) is 0 Å². The lowest BCUT2D eigenvalue weighted by Gasteiger charge is -2.27. The minimum Gasteiger partial charge on any atom is -0.454 e. The maximum absolute atomic E-state index is 7.69. The van der Waals surface area contributed by atoms with Gasteiger partial charge in [-0.1, -0.05) is 258 Å². The summed E-state index contributed by atoms with van der Waals surface area (Å²) in [5.74, 6) is 0.365. The van der Waals surface area contributed by atoms with Gasteiger partial charge in [-0.05, 0) is 276 Å². The van der Waals surface area contributed by atoms with Gasteiger partial charge in [-0.15, -0.1) is 0 Å². The lowest BCUT2D eigenvalue weighted by atomic mass is 9.77. The van der Waals surface area contributed by atoms with E-state index in [9.17, 15) is 0 Å². The Labute approximate surface area is 774 Å². The van der Waals surface area contributed by atoms with Gasteiger partial charge >= 0.3 is 0 Å². The molecule has 0 aliphatic heterocycles. The molecule has 0 aliphatic rings. The van der Waals surface area contributed by atoms with Crippen LogP contribution in [0.3, 0.4) is 0 Å². The zero-order valence-corrected chi connectivity index (χ0v) is 81.6. The zero-order chi connectivity index (χ0) is 91.9. The minimum atomic E-state index is -0.295. The average molecular weight is 1720 g/mol. The van der Waals surface area contributed by atoms with E-state index in [1.165, 1.54) is 208 Å². The molecule has 0 spiro atoms. The van der Waals surface area contributed by atoms with Crippen LogP contribution in [0.25, 0.3) is 174 Å². The molecule has 0 saturated heterocycles. The first-order valence-electron chi connectivity index (χ1n) is 48.2. The average Bonchev–Trinajstić information content (AvgIpc) is 1.51. The molecule has 0 atom stereocenters. The van der Waals surface area contributed by atoms with Crippen LogP contribution in [0.1, 0.15) is 235 Å². The van der Waals surface area contributed by atoms with Gasteiger partial charge < -0.3 is 31.8 Å². The van der Waals surface area contributed by atoms with E-state index in [1.54, 1.807) is 0 Å². The van der Waals surface area contributed by atoms with E-state index in [-0.39, 0.29) is 43.3 Å². The Bertz CT molecular complexity index is 8980. The molecule has 24 aromatic rings. The van der Waals surface area contributed by atoms with Gasteiger partial charge in [-0.2, -0.15) is 0 Å². The summed E-state index contributed by atoms with van der Waals surface area (Å²) >= 11 is 0. The van der Waals surface area contributed by atoms with Crippen molar-refractivity contribution >= 4 is 208 Å². The Hall–Kier alpha value is -13.1. The summed E-state index contributed by atoms with van der Waals surface area (Å²) in [5, 5.41) is 22.9. The first-order valence-corrected chi connectivity index (χ1v) is 48.2. The number of para-hydroxylation sites is 2. The second kappa shape index (κ2) is 27.1. The summed E-state index contributed by atoms with van der Waals surface area (Å²) in [6.45, 7) is 58.9. The molecule has 0 unspecified atom stereocenters. The van der Waals surface area contributed by atoms with E-state index >= 15 is 0 Å². The number of aromatic nitrogens is 4. The fourth-order valence-electron chi connectivity index (χ4n) is 23.0. The Morgan fingerprint density at radius 2 is 0.576 bits per heavy atom. The molecule has 7 heteroatoms. The Morgan fingerprint density at radius 1 is 0.235 bits per heavy atom. The number of furan rings is 1. The molecule has 0 fully saturated rings. The highest BCUT2D eigenvalue weighted by atomic mass is 16.3. The van der Waals surface area contributed by atoms with Crippen LogP contribution in [0.5, 0.6) is 0 Å². The standard InChI is InChI=1S/C125H120N6O/c1-69(2)71-34-40-81(41-35-71)127(83-45-47-85-94-55-76(121(12,13)14)59-98-92-64-108-89(67-111(92)131(113(94)98)107(85)63-83)99-60-77(122(15,16)17)56-95-87-52-73(119(6,7)8)38-48-103(87)128(108)114(95)99)105-33-29-32-86-101-50-70(51-102(124(21,22)23)116(101)132-117(86)105)68-125(24,25)74-39-49-104-88(53-74)96-57-78(123(18,19)20)61-100-90-66-110-91(65-109(90)129(104)115(96)100)97-58-75(120(9,10)11)54-93-84-46-44-82(62-106(84)130(110)112(93)97)126(79-30-27-26-28-31-79)80-42-36-72(37-43-80)118(3,4)5/h26-67,69H,68H2,1-25H3. The normalized spacial score (nSPS) is 13.7. The van der Waals surface area contributed by atoms with Gasteiger partial charge in [0.05, 0.1) is 71.9 Å². The van der Waals surface area contributed by atoms with Crippen LogP contribution < -0.4 is 9.80 Å². The van der Waals surface area contributed by atoms with Gasteiger partial charge in [0.2, 0.25) is 0 Å². The van der Waals surface area contributed by atoms with Gasteiger partial charge in [0, 0.05) is 131 Å². The summed E-state index contributed by atoms with van der Waals surface area (Å²) in [7, 11) is 0. The molecule has 656 valence electrons. The maximum atomic E-state index is 7.69. The van der Waals surface area contributed by atoms with Crippen molar-refractivity contribution in [2.45, 2.75) is 229 Å². The lowest BCUT2D eigenvalue weighted by Crippen LogP contribution is -2.21. The molecule has 7 nitrogen and oxygen atoms in total. The summed E-state index contributed by atoms with van der Waals surface area (Å²) in [6, 6.07) is 101. The van der Waals surface area contributed by atoms with Gasteiger partial charge in [0.15, 0.2) is 5.58 Å². The van der Waals surface area contributed by atoms with Gasteiger partial charge in [-0.25, -0.2) is 0 Å². The fraction of sp³-hybridized carbons (Fsp3) is 0.280. The van der Waals surface area contributed by atoms with Crippen molar-refractivity contribution in [2.75, 3.05) is 9.80 Å². The first-order chi connectivity index (χ1) is 62.4. The van der Waals surface area contributed by atoms with Crippen molar-refractivity contribution in [2.24, 2.45) is 0 Å². The van der Waals surface area contributed by atoms with Crippen molar-refractivity contribution in [3.63, 3.8) is 0 Å². The van der Waals surface area contributed by atoms with E-state index in [0.29, 0.717) is 5.92 Å². The van der Waals surface area contributed by atoms with Crippen LogP contribution >= 0.6 is 0 Å². The summed E-state index contributed by atoms with van der Waals surface area (Å²) in [6.07, 6.45) is 0.813. The van der Waals surface area contributed by atoms with Crippen LogP contribution in [0, 0.1) is 0 Å². The highest BCUT2D eigenvalue weighted by molar-refractivity contribution is 6.32. The molecule has 9 aromatic heterocycles. The molecule has 0 N–H and O–H groups in total. The van der Waals surface area contributed by atoms with Crippen LogP contribution in [0.4, 0.5) is 34.1 Å². The molecule has 0 bridgehead atoms. The first kappa shape index (κ1) is 82.1. The van der Waals surface area contributed by atoms with Crippen molar-refractivity contribution in [1.29, 1.82) is 0 Å². The lowest BCUT2D eigenvalue weighted by molar-refractivity contribution is 0.520. The molecule has 0 aliphatic carbocycles. The van der Waals surface area contributed by atoms with Gasteiger partial charge in [0.1, 0.15) is 5.58 Å². The number of hydrogen-bond donors (Lipinski definition) is 0. The van der Waals surface area contributed by atoms with Crippen LogP contribution in [-0.2, 0) is 49.7 Å². The van der Waals surface area contributed by atoms with Gasteiger partial charge in [0.25, 0.3) is 0 Å². The molecular weight excluding hydrogens is 1600 g/mol. The summed E-state index contributed by atoms with van der Waals surface area (Å²) < 4.78 is 18.1. The third-order valence-electron chi connectivity index (χ3n) is 30.6. The molecule has 0 radical (unpaired) electrons. The smallest absolute Gasteiger partial charge is 0.159 e. The van der Waals surface area contributed by atoms with E-state index in [4.69, 9.17) is 4.42 Å². The Balaban J connectivity index is 0.650. The quantitative estimate of drug-likeness (QED) is 0.137. The summed E-state index contributed by atoms with van der Waals surface area (Å²) in [5.41, 5.74) is 35.6. The molecule has 0 amide bonds. The van der Waals surface area contributed by atoms with Crippen molar-refractivity contribution in [3.05, 3.63) is 310 Å². The van der Waals surface area contributed by atoms with Crippen LogP contribution in [-0.4, -0.2) is 17.6 Å². The predicted molar refractivity (Wildman–Crippen MR) is 570 cm³/mol. The largest absolute Gasteiger partial charge is 0.454 e. The second-order valence-corrected chi connectivity index (χ2v) is 47.5. The monoisotopic (exact) mass is 1720 g/mol. The number of rotatable bonds is 10. The number of nitrogens with zero attached hydrogens (tertiary/aromatic N) is 6. The molecule has 9 heterocycles. The number of hydrogen-bond acceptors (Lipinski definition) is 3. The molecule has 0 saturated carbocycles. The van der Waals surface area contributed by atoms with Crippen molar-refractivity contribution in [1.82, 2.24) is 17.6 Å². The third kappa shape index (κ3) is 12.0. The predicted octanol–water partition coefficient (Wildman–Crippen LogP) is 35.9. The topological polar surface area (TPSA) is 37.3 Å². The van der Waals surface area contributed by atoms with Crippen LogP contribution in [0.15, 0.2) is 259 Å². The minimum absolute atomic E-state index is 0.0102. The maximum Gasteiger partial charge on any atom is 0.159 e. The Kier molecular flexibility index (Phi) is 16.8. The van der Waals surface area contributed by atoms with E-state index < -0.39 is 0 Å². The number of fused-ring (bicyclic) bond motifs is 27. The second-order valence-electron chi connectivity index (χ2n) is 47.5. The highest BCUT2D eigenvalue weighted by Gasteiger charge is 2.36. The Morgan fingerprint density at radius 3 is 0.992 bits per heavy atom. The third-order valence-corrected chi connectivity index (χ3v) is 30.6. The number of anilines is 6. The highest BCUT2D eigenvalue weighted by Crippen LogP contribution is 2.55. The van der Waals surface area contributed by atoms with E-state index in [2.05, 4.69) is 455 Å². The molecule has 24 rings (SSSR count). The SMILES string of the molecule is CC(C)c1ccc(N(c2ccc3c4cc(C(C)(C)C)cc5c6cc7c(cc6n(c3c2)c45)c2cc(C(C)(C)C)cc3c4cc(C(C)(C)C)ccc4n7c32)c2cccc3c2oc2c(C(C)(C)C)cc(CC(C)(C)c4ccc5c(c4)c4cc(C(C)(C)C)cc6c7cc8c(cc7n5c46)c4cc(C(C)(C)C)cc5c6ccc(N(c7ccccc7)c7ccc(C(C)(C)C)cc7)cc6n8c54)cc23)cc1. The van der Waals surface area contributed by atoms with Crippen LogP contribution in [0.2, 0.25) is 0 Å². The molecular formula is C125H120N6O.